The van der Waals surface area contributed by atoms with Crippen LogP contribution in [0.15, 0.2) is 184 Å². The van der Waals surface area contributed by atoms with Gasteiger partial charge in [-0.2, -0.15) is 0 Å². The summed E-state index contributed by atoms with van der Waals surface area (Å²) in [7, 11) is 0. The molecule has 4 nitrogen and oxygen atoms in total. The van der Waals surface area contributed by atoms with Gasteiger partial charge in [0.2, 0.25) is 0 Å². The molecule has 0 aliphatic carbocycles. The molecule has 9 rings (SSSR count). The lowest BCUT2D eigenvalue weighted by atomic mass is 10.1. The third-order valence-corrected chi connectivity index (χ3v) is 9.57. The third-order valence-electron chi connectivity index (χ3n) is 8.47. The second-order valence-electron chi connectivity index (χ2n) is 11.4. The van der Waals surface area contributed by atoms with Crippen molar-refractivity contribution in [1.29, 1.82) is 0 Å². The van der Waals surface area contributed by atoms with Crippen molar-refractivity contribution in [3.8, 4) is 11.5 Å². The molecule has 0 radical (unpaired) electrons. The van der Waals surface area contributed by atoms with E-state index in [1.54, 1.807) is 11.8 Å². The number of hydrogen-bond donors (Lipinski definition) is 0. The zero-order valence-electron chi connectivity index (χ0n) is 25.3. The van der Waals surface area contributed by atoms with Crippen LogP contribution in [0.2, 0.25) is 0 Å². The van der Waals surface area contributed by atoms with Crippen molar-refractivity contribution >= 4 is 67.8 Å². The fourth-order valence-corrected chi connectivity index (χ4v) is 7.28. The number of benzene rings is 7. The van der Waals surface area contributed by atoms with Gasteiger partial charge in [-0.3, -0.25) is 0 Å². The predicted octanol–water partition coefficient (Wildman–Crippen LogP) is 12.8. The van der Waals surface area contributed by atoms with E-state index < -0.39 is 0 Å². The molecule has 7 aromatic carbocycles. The van der Waals surface area contributed by atoms with Crippen molar-refractivity contribution < 1.29 is 9.15 Å². The first-order valence-corrected chi connectivity index (χ1v) is 16.4. The van der Waals surface area contributed by atoms with E-state index in [9.17, 15) is 0 Å². The van der Waals surface area contributed by atoms with Crippen molar-refractivity contribution in [2.45, 2.75) is 9.79 Å². The number of para-hydroxylation sites is 4. The molecule has 0 atom stereocenters. The Morgan fingerprint density at radius 2 is 0.894 bits per heavy atom. The quantitative estimate of drug-likeness (QED) is 0.184. The molecule has 47 heavy (non-hydrogen) atoms. The van der Waals surface area contributed by atoms with Crippen LogP contribution < -0.4 is 14.5 Å². The third kappa shape index (κ3) is 4.98. The molecule has 1 aliphatic heterocycles. The van der Waals surface area contributed by atoms with Gasteiger partial charge in [0.25, 0.3) is 0 Å². The Hall–Kier alpha value is -5.91. The topological polar surface area (TPSA) is 28.9 Å². The predicted molar refractivity (Wildman–Crippen MR) is 194 cm³/mol. The standard InChI is InChI=1S/C42H28N2O2S/c1-4-12-29(13-5-1)43(30-14-6-2-7-15-30)34-21-24-38-42(28-34)47-41-25-22-33(27-40(41)46-38)44(31-16-8-3-9-17-31)32-20-23-36-35-18-10-11-19-37(35)45-39(36)26-32/h1-28H. The number of rotatable bonds is 6. The molecule has 0 fully saturated rings. The highest BCUT2D eigenvalue weighted by atomic mass is 32.2. The summed E-state index contributed by atoms with van der Waals surface area (Å²) in [5, 5.41) is 2.23. The van der Waals surface area contributed by atoms with E-state index in [1.165, 1.54) is 0 Å². The Bertz CT molecular complexity index is 2330. The Kier molecular flexibility index (Phi) is 6.69. The minimum atomic E-state index is 0.835. The lowest BCUT2D eigenvalue weighted by Crippen LogP contribution is -2.11. The van der Waals surface area contributed by atoms with Crippen LogP contribution in [0.3, 0.4) is 0 Å². The lowest BCUT2D eigenvalue weighted by molar-refractivity contribution is 0.455. The first-order chi connectivity index (χ1) is 23.3. The zero-order valence-corrected chi connectivity index (χ0v) is 26.1. The molecule has 5 heteroatoms. The van der Waals surface area contributed by atoms with Gasteiger partial charge < -0.3 is 19.0 Å². The minimum absolute atomic E-state index is 0.835. The molecule has 0 unspecified atom stereocenters. The van der Waals surface area contributed by atoms with E-state index in [1.807, 2.05) is 36.4 Å². The molecule has 0 spiro atoms. The summed E-state index contributed by atoms with van der Waals surface area (Å²) >= 11 is 1.74. The summed E-state index contributed by atoms with van der Waals surface area (Å²) in [4.78, 5) is 6.67. The van der Waals surface area contributed by atoms with Gasteiger partial charge in [-0.05, 0) is 84.9 Å². The summed E-state index contributed by atoms with van der Waals surface area (Å²) in [6, 6.07) is 58.9. The van der Waals surface area contributed by atoms with Gasteiger partial charge in [0, 0.05) is 57.0 Å². The molecule has 0 saturated carbocycles. The van der Waals surface area contributed by atoms with Crippen molar-refractivity contribution in [1.82, 2.24) is 0 Å². The second kappa shape index (κ2) is 11.5. The van der Waals surface area contributed by atoms with E-state index in [0.717, 1.165) is 77.4 Å². The number of fused-ring (bicyclic) bond motifs is 5. The average molecular weight is 625 g/mol. The van der Waals surface area contributed by atoms with Crippen LogP contribution in [-0.2, 0) is 0 Å². The molecule has 2 heterocycles. The smallest absolute Gasteiger partial charge is 0.143 e. The molecule has 224 valence electrons. The molecule has 0 N–H and O–H groups in total. The molecule has 8 aromatic rings. The van der Waals surface area contributed by atoms with Crippen molar-refractivity contribution in [3.05, 3.63) is 170 Å². The van der Waals surface area contributed by atoms with Gasteiger partial charge in [0.1, 0.15) is 22.7 Å². The van der Waals surface area contributed by atoms with Gasteiger partial charge in [-0.1, -0.05) is 84.6 Å². The maximum Gasteiger partial charge on any atom is 0.143 e. The zero-order chi connectivity index (χ0) is 31.2. The van der Waals surface area contributed by atoms with E-state index in [4.69, 9.17) is 9.15 Å². The van der Waals surface area contributed by atoms with Crippen LogP contribution >= 0.6 is 11.8 Å². The van der Waals surface area contributed by atoms with Gasteiger partial charge >= 0.3 is 0 Å². The maximum absolute atomic E-state index is 6.61. The Morgan fingerprint density at radius 1 is 0.362 bits per heavy atom. The minimum Gasteiger partial charge on any atom is -0.456 e. The number of hydrogen-bond acceptors (Lipinski definition) is 5. The van der Waals surface area contributed by atoms with E-state index in [0.29, 0.717) is 0 Å². The Labute approximate surface area is 277 Å². The number of nitrogens with zero attached hydrogens (tertiary/aromatic N) is 2. The Balaban J connectivity index is 1.08. The summed E-state index contributed by atoms with van der Waals surface area (Å²) < 4.78 is 12.9. The van der Waals surface area contributed by atoms with Gasteiger partial charge in [-0.25, -0.2) is 0 Å². The highest BCUT2D eigenvalue weighted by Gasteiger charge is 2.23. The maximum atomic E-state index is 6.61. The SMILES string of the molecule is c1ccc(N(c2ccccc2)c2ccc3c(c2)Sc2ccc(N(c4ccccc4)c4ccc5c(c4)oc4ccccc45)cc2O3)cc1. The summed E-state index contributed by atoms with van der Waals surface area (Å²) in [6.07, 6.45) is 0. The van der Waals surface area contributed by atoms with Gasteiger partial charge in [0.05, 0.1) is 9.79 Å². The monoisotopic (exact) mass is 624 g/mol. The molecular weight excluding hydrogens is 597 g/mol. The van der Waals surface area contributed by atoms with Crippen molar-refractivity contribution in [3.63, 3.8) is 0 Å². The summed E-state index contributed by atoms with van der Waals surface area (Å²) in [6.45, 7) is 0. The summed E-state index contributed by atoms with van der Waals surface area (Å²) in [5.41, 5.74) is 8.11. The van der Waals surface area contributed by atoms with E-state index >= 15 is 0 Å². The van der Waals surface area contributed by atoms with Crippen molar-refractivity contribution in [2.75, 3.05) is 9.80 Å². The number of anilines is 6. The molecular formula is C42H28N2O2S. The Morgan fingerprint density at radius 3 is 1.60 bits per heavy atom. The molecule has 0 bridgehead atoms. The fourth-order valence-electron chi connectivity index (χ4n) is 6.32. The van der Waals surface area contributed by atoms with Crippen molar-refractivity contribution in [2.24, 2.45) is 0 Å². The van der Waals surface area contributed by atoms with Crippen LogP contribution in [0.25, 0.3) is 21.9 Å². The van der Waals surface area contributed by atoms with Crippen LogP contribution in [0.1, 0.15) is 0 Å². The highest BCUT2D eigenvalue weighted by Crippen LogP contribution is 2.51. The number of ether oxygens (including phenoxy) is 1. The van der Waals surface area contributed by atoms with E-state index in [2.05, 4.69) is 143 Å². The first kappa shape index (κ1) is 27.4. The fraction of sp³-hybridized carbons (Fsp3) is 0. The number of furan rings is 1. The van der Waals surface area contributed by atoms with Gasteiger partial charge in [-0.15, -0.1) is 0 Å². The largest absolute Gasteiger partial charge is 0.456 e. The van der Waals surface area contributed by atoms with Crippen LogP contribution in [0, 0.1) is 0 Å². The van der Waals surface area contributed by atoms with Crippen LogP contribution in [0.4, 0.5) is 34.1 Å². The average Bonchev–Trinajstić information content (AvgIpc) is 3.50. The molecule has 0 saturated heterocycles. The van der Waals surface area contributed by atoms with Crippen LogP contribution in [-0.4, -0.2) is 0 Å². The van der Waals surface area contributed by atoms with Crippen LogP contribution in [0.5, 0.6) is 11.5 Å². The first-order valence-electron chi connectivity index (χ1n) is 15.6. The highest BCUT2D eigenvalue weighted by molar-refractivity contribution is 7.99. The summed E-state index contributed by atoms with van der Waals surface area (Å²) in [5.74, 6) is 1.68. The molecule has 1 aliphatic rings. The normalized spacial score (nSPS) is 11.9. The lowest BCUT2D eigenvalue weighted by Gasteiger charge is -2.29. The molecule has 1 aromatic heterocycles. The second-order valence-corrected chi connectivity index (χ2v) is 12.5. The molecule has 0 amide bonds. The van der Waals surface area contributed by atoms with Gasteiger partial charge in [0.15, 0.2) is 0 Å². The van der Waals surface area contributed by atoms with E-state index in [-0.39, 0.29) is 0 Å².